The molecule has 0 bridgehead atoms. The van der Waals surface area contributed by atoms with Gasteiger partial charge in [0.1, 0.15) is 0 Å². The molecular weight excluding hydrogens is 230 g/mol. The van der Waals surface area contributed by atoms with Crippen LogP contribution < -0.4 is 0 Å². The van der Waals surface area contributed by atoms with Gasteiger partial charge < -0.3 is 19.8 Å². The van der Waals surface area contributed by atoms with Crippen LogP contribution in [-0.4, -0.2) is 59.7 Å². The lowest BCUT2D eigenvalue weighted by atomic mass is 9.58. The number of aliphatic hydroxyl groups is 2. The molecular formula is C14H27NO3. The molecule has 0 amide bonds. The van der Waals surface area contributed by atoms with E-state index >= 15 is 0 Å². The van der Waals surface area contributed by atoms with E-state index in [9.17, 15) is 10.2 Å². The average Bonchev–Trinajstić information content (AvgIpc) is 2.39. The van der Waals surface area contributed by atoms with Crippen LogP contribution in [0.1, 0.15) is 39.5 Å². The van der Waals surface area contributed by atoms with Crippen LogP contribution >= 0.6 is 0 Å². The van der Waals surface area contributed by atoms with Crippen molar-refractivity contribution in [3.05, 3.63) is 0 Å². The number of β-amino-alcohol motifs (C(OH)–C–C–N with tert-alkyl or cyclic N) is 1. The second kappa shape index (κ2) is 5.87. The van der Waals surface area contributed by atoms with Gasteiger partial charge in [0.15, 0.2) is 0 Å². The Labute approximate surface area is 110 Å². The molecule has 3 atom stereocenters. The maximum atomic E-state index is 10.1. The Morgan fingerprint density at radius 3 is 2.50 bits per heavy atom. The molecule has 1 heterocycles. The third kappa shape index (κ3) is 2.57. The van der Waals surface area contributed by atoms with Crippen LogP contribution in [-0.2, 0) is 4.74 Å². The summed E-state index contributed by atoms with van der Waals surface area (Å²) >= 11 is 0. The van der Waals surface area contributed by atoms with Gasteiger partial charge in [-0.05, 0) is 39.3 Å². The van der Waals surface area contributed by atoms with Gasteiger partial charge in [-0.15, -0.1) is 0 Å². The Bertz CT molecular complexity index is 262. The predicted octanol–water partition coefficient (Wildman–Crippen LogP) is 1.01. The summed E-state index contributed by atoms with van der Waals surface area (Å²) < 4.78 is 5.75. The van der Waals surface area contributed by atoms with Crippen LogP contribution in [0.25, 0.3) is 0 Å². The summed E-state index contributed by atoms with van der Waals surface area (Å²) in [5, 5.41) is 19.8. The number of likely N-dealkylation sites (tertiary alicyclic amines) is 1. The summed E-state index contributed by atoms with van der Waals surface area (Å²) in [5.74, 6) is 0. The Morgan fingerprint density at radius 1 is 1.33 bits per heavy atom. The second-order valence-electron chi connectivity index (χ2n) is 5.79. The van der Waals surface area contributed by atoms with Crippen molar-refractivity contribution < 1.29 is 14.9 Å². The molecule has 1 spiro atoms. The van der Waals surface area contributed by atoms with E-state index in [1.165, 1.54) is 0 Å². The zero-order chi connectivity index (χ0) is 13.2. The number of ether oxygens (including phenoxy) is 1. The first-order valence-electron chi connectivity index (χ1n) is 7.32. The summed E-state index contributed by atoms with van der Waals surface area (Å²) in [6, 6.07) is 0. The zero-order valence-electron chi connectivity index (χ0n) is 11.6. The minimum absolute atomic E-state index is 0.00365. The molecule has 1 aliphatic heterocycles. The van der Waals surface area contributed by atoms with E-state index < -0.39 is 0 Å². The molecule has 4 nitrogen and oxygen atoms in total. The Morgan fingerprint density at radius 2 is 2.00 bits per heavy atom. The van der Waals surface area contributed by atoms with E-state index in [4.69, 9.17) is 4.74 Å². The normalized spacial score (nSPS) is 33.3. The largest absolute Gasteiger partial charge is 0.392 e. The number of hydrogen-bond acceptors (Lipinski definition) is 4. The van der Waals surface area contributed by atoms with Crippen molar-refractivity contribution in [1.29, 1.82) is 0 Å². The van der Waals surface area contributed by atoms with Gasteiger partial charge in [-0.2, -0.15) is 0 Å². The number of rotatable bonds is 5. The summed E-state index contributed by atoms with van der Waals surface area (Å²) in [5.41, 5.74) is 0.00365. The molecule has 4 heteroatoms. The molecule has 2 fully saturated rings. The van der Waals surface area contributed by atoms with Crippen molar-refractivity contribution in [2.75, 3.05) is 26.2 Å². The quantitative estimate of drug-likeness (QED) is 0.772. The maximum Gasteiger partial charge on any atom is 0.0681 e. The minimum atomic E-state index is -0.215. The SMILES string of the molecule is CCO[C@@H]1C[C@@H](O)C12CCN(C[C@@H](O)CC)CC2. The molecule has 0 aromatic heterocycles. The number of hydrogen-bond donors (Lipinski definition) is 2. The molecule has 2 N–H and O–H groups in total. The summed E-state index contributed by atoms with van der Waals surface area (Å²) in [6.45, 7) is 7.47. The highest BCUT2D eigenvalue weighted by Crippen LogP contribution is 2.50. The van der Waals surface area contributed by atoms with Crippen LogP contribution in [0.4, 0.5) is 0 Å². The standard InChI is InChI=1S/C14H27NO3/c1-3-11(16)10-15-7-5-14(6-8-15)12(17)9-13(14)18-4-2/h11-13,16-17H,3-10H2,1-2H3/t11-,12+,13+/m0/s1. The average molecular weight is 257 g/mol. The molecule has 1 aliphatic carbocycles. The molecule has 0 aromatic rings. The van der Waals surface area contributed by atoms with E-state index in [1.54, 1.807) is 0 Å². The van der Waals surface area contributed by atoms with Crippen molar-refractivity contribution in [1.82, 2.24) is 4.90 Å². The van der Waals surface area contributed by atoms with Crippen LogP contribution in [0.2, 0.25) is 0 Å². The lowest BCUT2D eigenvalue weighted by Crippen LogP contribution is -2.62. The highest BCUT2D eigenvalue weighted by molar-refractivity contribution is 5.06. The van der Waals surface area contributed by atoms with Crippen LogP contribution in [0.15, 0.2) is 0 Å². The van der Waals surface area contributed by atoms with Crippen molar-refractivity contribution in [3.8, 4) is 0 Å². The van der Waals surface area contributed by atoms with Gasteiger partial charge in [0.25, 0.3) is 0 Å². The molecule has 18 heavy (non-hydrogen) atoms. The molecule has 0 radical (unpaired) electrons. The molecule has 2 rings (SSSR count). The molecule has 0 unspecified atom stereocenters. The summed E-state index contributed by atoms with van der Waals surface area (Å²) in [6.07, 6.45) is 3.44. The van der Waals surface area contributed by atoms with Crippen LogP contribution in [0.5, 0.6) is 0 Å². The smallest absolute Gasteiger partial charge is 0.0681 e. The number of nitrogens with zero attached hydrogens (tertiary/aromatic N) is 1. The van der Waals surface area contributed by atoms with E-state index in [1.807, 2.05) is 13.8 Å². The topological polar surface area (TPSA) is 52.9 Å². The minimum Gasteiger partial charge on any atom is -0.392 e. The van der Waals surface area contributed by atoms with E-state index in [2.05, 4.69) is 4.90 Å². The van der Waals surface area contributed by atoms with E-state index in [0.717, 1.165) is 51.9 Å². The van der Waals surface area contributed by atoms with E-state index in [-0.39, 0.29) is 23.7 Å². The van der Waals surface area contributed by atoms with Crippen LogP contribution in [0.3, 0.4) is 0 Å². The fourth-order valence-electron chi connectivity index (χ4n) is 3.40. The second-order valence-corrected chi connectivity index (χ2v) is 5.79. The first-order chi connectivity index (χ1) is 8.62. The van der Waals surface area contributed by atoms with Crippen molar-refractivity contribution >= 4 is 0 Å². The first kappa shape index (κ1) is 14.3. The van der Waals surface area contributed by atoms with E-state index in [0.29, 0.717) is 0 Å². The maximum absolute atomic E-state index is 10.1. The monoisotopic (exact) mass is 257 g/mol. The Balaban J connectivity index is 1.85. The fourth-order valence-corrected chi connectivity index (χ4v) is 3.40. The van der Waals surface area contributed by atoms with Crippen molar-refractivity contribution in [3.63, 3.8) is 0 Å². The first-order valence-corrected chi connectivity index (χ1v) is 7.32. The Kier molecular flexibility index (Phi) is 4.64. The van der Waals surface area contributed by atoms with Gasteiger partial charge in [-0.1, -0.05) is 6.92 Å². The molecule has 106 valence electrons. The third-order valence-electron chi connectivity index (χ3n) is 4.84. The highest BCUT2D eigenvalue weighted by atomic mass is 16.5. The van der Waals surface area contributed by atoms with Crippen LogP contribution in [0, 0.1) is 5.41 Å². The predicted molar refractivity (Wildman–Crippen MR) is 70.4 cm³/mol. The third-order valence-corrected chi connectivity index (χ3v) is 4.84. The van der Waals surface area contributed by atoms with Gasteiger partial charge in [0.05, 0.1) is 18.3 Å². The van der Waals surface area contributed by atoms with Gasteiger partial charge in [-0.25, -0.2) is 0 Å². The molecule has 1 saturated carbocycles. The lowest BCUT2D eigenvalue weighted by molar-refractivity contribution is -0.210. The van der Waals surface area contributed by atoms with Crippen molar-refractivity contribution in [2.45, 2.75) is 57.8 Å². The fraction of sp³-hybridized carbons (Fsp3) is 1.00. The molecule has 2 aliphatic rings. The number of aliphatic hydroxyl groups excluding tert-OH is 2. The van der Waals surface area contributed by atoms with Gasteiger partial charge in [0.2, 0.25) is 0 Å². The van der Waals surface area contributed by atoms with Gasteiger partial charge in [-0.3, -0.25) is 0 Å². The number of piperidine rings is 1. The molecule has 0 aromatic carbocycles. The highest BCUT2D eigenvalue weighted by Gasteiger charge is 2.55. The Hall–Kier alpha value is -0.160. The lowest BCUT2D eigenvalue weighted by Gasteiger charge is -2.56. The van der Waals surface area contributed by atoms with Gasteiger partial charge in [0, 0.05) is 25.0 Å². The summed E-state index contributed by atoms with van der Waals surface area (Å²) in [4.78, 5) is 2.31. The zero-order valence-corrected chi connectivity index (χ0v) is 11.6. The molecule has 1 saturated heterocycles. The van der Waals surface area contributed by atoms with Crippen molar-refractivity contribution in [2.24, 2.45) is 5.41 Å². The van der Waals surface area contributed by atoms with Gasteiger partial charge >= 0.3 is 0 Å². The summed E-state index contributed by atoms with van der Waals surface area (Å²) in [7, 11) is 0.